The van der Waals surface area contributed by atoms with Gasteiger partial charge in [0, 0.05) is 18.4 Å². The van der Waals surface area contributed by atoms with E-state index in [9.17, 15) is 5.11 Å². The Kier molecular flexibility index (Phi) is 5.93. The number of aliphatic hydroxyl groups is 1. The molecule has 0 amide bonds. The summed E-state index contributed by atoms with van der Waals surface area (Å²) in [5, 5.41) is 10.2. The summed E-state index contributed by atoms with van der Waals surface area (Å²) in [5.41, 5.74) is 0. The molecule has 2 nitrogen and oxygen atoms in total. The van der Waals surface area contributed by atoms with Crippen LogP contribution in [0.4, 0.5) is 0 Å². The minimum Gasteiger partial charge on any atom is -0.416 e. The van der Waals surface area contributed by atoms with Crippen molar-refractivity contribution in [3.05, 3.63) is 0 Å². The Bertz CT molecular complexity index is 273. The van der Waals surface area contributed by atoms with Crippen molar-refractivity contribution in [1.82, 2.24) is 0 Å². The molecule has 1 N–H and O–H groups in total. The number of rotatable bonds is 5. The van der Waals surface area contributed by atoms with Crippen LogP contribution in [-0.2, 0) is 4.43 Å². The van der Waals surface area contributed by atoms with E-state index in [0.29, 0.717) is 6.61 Å². The summed E-state index contributed by atoms with van der Waals surface area (Å²) < 4.78 is 6.08. The molecule has 0 aromatic carbocycles. The largest absolute Gasteiger partial charge is 0.416 e. The number of hydrogen-bond acceptors (Lipinski definition) is 2. The lowest BCUT2D eigenvalue weighted by Gasteiger charge is -2.37. The third-order valence-corrected chi connectivity index (χ3v) is 8.37. The van der Waals surface area contributed by atoms with Crippen LogP contribution in [0.2, 0.25) is 18.1 Å². The van der Waals surface area contributed by atoms with Gasteiger partial charge in [0.1, 0.15) is 0 Å². The highest BCUT2D eigenvalue weighted by Gasteiger charge is 2.37. The van der Waals surface area contributed by atoms with E-state index in [1.54, 1.807) is 0 Å². The molecule has 0 aliphatic heterocycles. The predicted octanol–water partition coefficient (Wildman–Crippen LogP) is 3.27. The van der Waals surface area contributed by atoms with Gasteiger partial charge in [0.05, 0.1) is 6.10 Å². The summed E-state index contributed by atoms with van der Waals surface area (Å²) in [6, 6.07) is 0. The fraction of sp³-hybridized carbons (Fsp3) is 0.857. The van der Waals surface area contributed by atoms with Gasteiger partial charge >= 0.3 is 0 Å². The molecule has 0 aliphatic carbocycles. The highest BCUT2D eigenvalue weighted by molar-refractivity contribution is 6.74. The second kappa shape index (κ2) is 6.04. The van der Waals surface area contributed by atoms with E-state index < -0.39 is 14.4 Å². The molecule has 0 saturated carbocycles. The van der Waals surface area contributed by atoms with E-state index in [-0.39, 0.29) is 16.9 Å². The average Bonchev–Trinajstić information content (AvgIpc) is 2.22. The van der Waals surface area contributed by atoms with Crippen molar-refractivity contribution in [2.24, 2.45) is 11.8 Å². The fourth-order valence-electron chi connectivity index (χ4n) is 1.25. The topological polar surface area (TPSA) is 29.5 Å². The molecule has 0 aromatic rings. The number of terminal acetylenes is 1. The van der Waals surface area contributed by atoms with E-state index in [1.807, 2.05) is 13.8 Å². The smallest absolute Gasteiger partial charge is 0.191 e. The molecular weight excluding hydrogens is 228 g/mol. The Labute approximate surface area is 108 Å². The summed E-state index contributed by atoms with van der Waals surface area (Å²) in [5.74, 6) is 2.54. The zero-order chi connectivity index (χ0) is 13.9. The fourth-order valence-corrected chi connectivity index (χ4v) is 2.36. The lowest BCUT2D eigenvalue weighted by atomic mass is 9.95. The number of aliphatic hydroxyl groups excluding tert-OH is 1. The minimum atomic E-state index is -1.72. The molecule has 0 spiro atoms. The first-order valence-corrected chi connectivity index (χ1v) is 9.22. The van der Waals surface area contributed by atoms with Gasteiger partial charge in [-0.05, 0) is 25.1 Å². The lowest BCUT2D eigenvalue weighted by molar-refractivity contribution is 0.0567. The second-order valence-electron chi connectivity index (χ2n) is 6.49. The van der Waals surface area contributed by atoms with Gasteiger partial charge in [-0.15, -0.1) is 12.3 Å². The van der Waals surface area contributed by atoms with Crippen LogP contribution in [0.15, 0.2) is 0 Å². The van der Waals surface area contributed by atoms with E-state index in [4.69, 9.17) is 10.8 Å². The monoisotopic (exact) mass is 256 g/mol. The third kappa shape index (κ3) is 4.83. The quantitative estimate of drug-likeness (QED) is 0.604. The summed E-state index contributed by atoms with van der Waals surface area (Å²) >= 11 is 0. The van der Waals surface area contributed by atoms with Gasteiger partial charge in [0.2, 0.25) is 0 Å². The van der Waals surface area contributed by atoms with Crippen molar-refractivity contribution >= 4 is 8.32 Å². The highest BCUT2D eigenvalue weighted by atomic mass is 28.4. The van der Waals surface area contributed by atoms with Crippen molar-refractivity contribution < 1.29 is 9.53 Å². The molecule has 0 unspecified atom stereocenters. The molecule has 100 valence electrons. The van der Waals surface area contributed by atoms with Gasteiger partial charge in [0.15, 0.2) is 8.32 Å². The maximum absolute atomic E-state index is 9.98. The van der Waals surface area contributed by atoms with Crippen LogP contribution in [0.5, 0.6) is 0 Å². The van der Waals surface area contributed by atoms with Crippen LogP contribution in [0, 0.1) is 24.2 Å². The first kappa shape index (κ1) is 16.7. The molecule has 17 heavy (non-hydrogen) atoms. The van der Waals surface area contributed by atoms with E-state index in [1.165, 1.54) is 0 Å². The SMILES string of the molecule is C#C[C@@H](C)[C@@H](O)[C@H](C)CO[Si](C)(C)C(C)(C)C. The maximum atomic E-state index is 9.98. The summed E-state index contributed by atoms with van der Waals surface area (Å²) in [6.45, 7) is 15.5. The van der Waals surface area contributed by atoms with Gasteiger partial charge in [-0.2, -0.15) is 0 Å². The van der Waals surface area contributed by atoms with Crippen molar-refractivity contribution in [2.45, 2.75) is 58.9 Å². The molecule has 3 heteroatoms. The van der Waals surface area contributed by atoms with Crippen molar-refractivity contribution in [3.8, 4) is 12.3 Å². The molecule has 0 radical (unpaired) electrons. The third-order valence-electron chi connectivity index (χ3n) is 3.87. The molecule has 0 bridgehead atoms. The summed E-state index contributed by atoms with van der Waals surface area (Å²) in [4.78, 5) is 0. The van der Waals surface area contributed by atoms with Crippen LogP contribution in [0.1, 0.15) is 34.6 Å². The Balaban J connectivity index is 4.35. The summed E-state index contributed by atoms with van der Waals surface area (Å²) in [6.07, 6.45) is 4.84. The van der Waals surface area contributed by atoms with E-state index in [0.717, 1.165) is 0 Å². The minimum absolute atomic E-state index is 0.0789. The standard InChI is InChI=1S/C14H28O2Si/c1-9-11(2)13(15)12(3)10-16-17(7,8)14(4,5)6/h1,11-13,15H,10H2,2-8H3/t11-,12-,13-/m1/s1. The number of hydrogen-bond donors (Lipinski definition) is 1. The molecule has 0 fully saturated rings. The summed E-state index contributed by atoms with van der Waals surface area (Å²) in [7, 11) is -1.72. The Morgan fingerprint density at radius 1 is 1.29 bits per heavy atom. The van der Waals surface area contributed by atoms with Crippen LogP contribution >= 0.6 is 0 Å². The Hall–Kier alpha value is -0.303. The van der Waals surface area contributed by atoms with Gasteiger partial charge in [-0.3, -0.25) is 0 Å². The molecule has 3 atom stereocenters. The van der Waals surface area contributed by atoms with Crippen LogP contribution in [-0.4, -0.2) is 26.1 Å². The molecular formula is C14H28O2Si. The molecule has 0 rings (SSSR count). The van der Waals surface area contributed by atoms with Gasteiger partial charge in [-0.1, -0.05) is 27.7 Å². The van der Waals surface area contributed by atoms with Gasteiger partial charge in [0.25, 0.3) is 0 Å². The molecule has 0 heterocycles. The van der Waals surface area contributed by atoms with Gasteiger partial charge < -0.3 is 9.53 Å². The Morgan fingerprint density at radius 3 is 2.12 bits per heavy atom. The van der Waals surface area contributed by atoms with Crippen LogP contribution < -0.4 is 0 Å². The van der Waals surface area contributed by atoms with Gasteiger partial charge in [-0.25, -0.2) is 0 Å². The second-order valence-corrected chi connectivity index (χ2v) is 11.3. The van der Waals surface area contributed by atoms with Crippen LogP contribution in [0.25, 0.3) is 0 Å². The highest BCUT2D eigenvalue weighted by Crippen LogP contribution is 2.36. The zero-order valence-electron chi connectivity index (χ0n) is 12.4. The van der Waals surface area contributed by atoms with Crippen molar-refractivity contribution in [3.63, 3.8) is 0 Å². The Morgan fingerprint density at radius 2 is 1.76 bits per heavy atom. The predicted molar refractivity (Wildman–Crippen MR) is 76.3 cm³/mol. The molecule has 0 aromatic heterocycles. The maximum Gasteiger partial charge on any atom is 0.191 e. The first-order valence-electron chi connectivity index (χ1n) is 6.31. The first-order chi connectivity index (χ1) is 7.53. The lowest BCUT2D eigenvalue weighted by Crippen LogP contribution is -2.43. The van der Waals surface area contributed by atoms with Crippen LogP contribution in [0.3, 0.4) is 0 Å². The molecule has 0 aliphatic rings. The van der Waals surface area contributed by atoms with E-state index >= 15 is 0 Å². The normalized spacial score (nSPS) is 18.3. The van der Waals surface area contributed by atoms with E-state index in [2.05, 4.69) is 39.8 Å². The average molecular weight is 256 g/mol. The van der Waals surface area contributed by atoms with Crippen molar-refractivity contribution in [2.75, 3.05) is 6.61 Å². The molecule has 0 saturated heterocycles. The zero-order valence-corrected chi connectivity index (χ0v) is 13.4. The van der Waals surface area contributed by atoms with Crippen molar-refractivity contribution in [1.29, 1.82) is 0 Å².